The number of aromatic nitrogens is 2. The van der Waals surface area contributed by atoms with E-state index in [1.165, 1.54) is 4.90 Å². The number of carbonyl (C=O) groups excluding carboxylic acids is 3. The molecule has 9 nitrogen and oxygen atoms in total. The standard InChI is InChI=1S/C19H29N5O4/c1-14(2)13-24-18(27)23(11-12-28-4)17(26)19(24)6-9-22(10-7-19)16(25)15-5-8-21(3)20-15/h5,8,14H,6-7,9-13H2,1-4H3. The Morgan fingerprint density at radius 2 is 1.96 bits per heavy atom. The molecular formula is C19H29N5O4. The maximum absolute atomic E-state index is 13.2. The monoisotopic (exact) mass is 391 g/mol. The van der Waals surface area contributed by atoms with E-state index in [1.54, 1.807) is 40.9 Å². The topological polar surface area (TPSA) is 88.0 Å². The number of nitrogens with zero attached hydrogens (tertiary/aromatic N) is 5. The van der Waals surface area contributed by atoms with E-state index in [0.717, 1.165) is 0 Å². The van der Waals surface area contributed by atoms with Crippen LogP contribution in [0.3, 0.4) is 0 Å². The second kappa shape index (κ2) is 7.90. The van der Waals surface area contributed by atoms with Crippen molar-refractivity contribution in [3.63, 3.8) is 0 Å². The minimum absolute atomic E-state index is 0.140. The van der Waals surface area contributed by atoms with Crippen molar-refractivity contribution in [2.45, 2.75) is 32.2 Å². The summed E-state index contributed by atoms with van der Waals surface area (Å²) in [5.41, 5.74) is -0.469. The van der Waals surface area contributed by atoms with E-state index in [-0.39, 0.29) is 30.3 Å². The summed E-state index contributed by atoms with van der Waals surface area (Å²) in [5.74, 6) is -0.0665. The van der Waals surface area contributed by atoms with Crippen LogP contribution in [0.4, 0.5) is 4.79 Å². The molecule has 3 heterocycles. The zero-order valence-corrected chi connectivity index (χ0v) is 17.1. The minimum Gasteiger partial charge on any atom is -0.383 e. The molecule has 0 aliphatic carbocycles. The third-order valence-electron chi connectivity index (χ3n) is 5.50. The second-order valence-electron chi connectivity index (χ2n) is 7.94. The van der Waals surface area contributed by atoms with Gasteiger partial charge < -0.3 is 14.5 Å². The molecule has 28 heavy (non-hydrogen) atoms. The lowest BCUT2D eigenvalue weighted by Gasteiger charge is -2.42. The highest BCUT2D eigenvalue weighted by Crippen LogP contribution is 2.38. The first kappa shape index (κ1) is 20.3. The molecule has 4 amide bonds. The molecule has 0 N–H and O–H groups in total. The molecule has 154 valence electrons. The average Bonchev–Trinajstić information content (AvgIpc) is 3.17. The van der Waals surface area contributed by atoms with Crippen LogP contribution in [0.15, 0.2) is 12.3 Å². The van der Waals surface area contributed by atoms with E-state index in [4.69, 9.17) is 4.74 Å². The summed E-state index contributed by atoms with van der Waals surface area (Å²) in [6.45, 7) is 5.98. The van der Waals surface area contributed by atoms with E-state index in [0.29, 0.717) is 44.8 Å². The fourth-order valence-corrected chi connectivity index (χ4v) is 4.03. The number of piperidine rings is 1. The summed E-state index contributed by atoms with van der Waals surface area (Å²) < 4.78 is 6.66. The van der Waals surface area contributed by atoms with Crippen LogP contribution in [0.1, 0.15) is 37.2 Å². The maximum atomic E-state index is 13.2. The molecule has 3 rings (SSSR count). The Morgan fingerprint density at radius 1 is 1.29 bits per heavy atom. The van der Waals surface area contributed by atoms with Crippen molar-refractivity contribution in [3.05, 3.63) is 18.0 Å². The Hall–Kier alpha value is -2.42. The second-order valence-corrected chi connectivity index (χ2v) is 7.94. The van der Waals surface area contributed by atoms with E-state index in [1.807, 2.05) is 13.8 Å². The predicted molar refractivity (Wildman–Crippen MR) is 102 cm³/mol. The summed E-state index contributed by atoms with van der Waals surface area (Å²) in [7, 11) is 3.32. The van der Waals surface area contributed by atoms with Crippen LogP contribution in [0.5, 0.6) is 0 Å². The summed E-state index contributed by atoms with van der Waals surface area (Å²) in [6, 6.07) is 1.44. The Labute approximate surface area is 165 Å². The van der Waals surface area contributed by atoms with Crippen LogP contribution < -0.4 is 0 Å². The number of imide groups is 1. The van der Waals surface area contributed by atoms with E-state index in [9.17, 15) is 14.4 Å². The lowest BCUT2D eigenvalue weighted by atomic mass is 9.85. The van der Waals surface area contributed by atoms with E-state index in [2.05, 4.69) is 5.10 Å². The van der Waals surface area contributed by atoms with Gasteiger partial charge in [-0.1, -0.05) is 13.8 Å². The number of hydrogen-bond donors (Lipinski definition) is 0. The Balaban J connectivity index is 1.78. The highest BCUT2D eigenvalue weighted by molar-refractivity contribution is 6.07. The van der Waals surface area contributed by atoms with Gasteiger partial charge in [-0.25, -0.2) is 4.79 Å². The number of carbonyl (C=O) groups is 3. The molecule has 0 unspecified atom stereocenters. The lowest BCUT2D eigenvalue weighted by molar-refractivity contribution is -0.135. The van der Waals surface area contributed by atoms with Crippen LogP contribution in [0, 0.1) is 5.92 Å². The van der Waals surface area contributed by atoms with Gasteiger partial charge in [0.1, 0.15) is 11.2 Å². The Kier molecular flexibility index (Phi) is 5.74. The Morgan fingerprint density at radius 3 is 2.50 bits per heavy atom. The normalized spacial score (nSPS) is 19.4. The fraction of sp³-hybridized carbons (Fsp3) is 0.684. The number of amides is 4. The van der Waals surface area contributed by atoms with Gasteiger partial charge in [-0.05, 0) is 24.8 Å². The number of likely N-dealkylation sites (tertiary alicyclic amines) is 1. The van der Waals surface area contributed by atoms with Crippen molar-refractivity contribution in [2.75, 3.05) is 39.9 Å². The first-order chi connectivity index (χ1) is 13.3. The number of rotatable bonds is 6. The van der Waals surface area contributed by atoms with Gasteiger partial charge in [-0.15, -0.1) is 0 Å². The number of urea groups is 1. The molecule has 0 bridgehead atoms. The highest BCUT2D eigenvalue weighted by Gasteiger charge is 2.58. The summed E-state index contributed by atoms with van der Waals surface area (Å²) >= 11 is 0. The summed E-state index contributed by atoms with van der Waals surface area (Å²) in [4.78, 5) is 43.6. The SMILES string of the molecule is COCCN1C(=O)N(CC(C)C)C2(CCN(C(=O)c3ccn(C)n3)CC2)C1=O. The molecule has 2 fully saturated rings. The third kappa shape index (κ3) is 3.50. The molecule has 9 heteroatoms. The van der Waals surface area contributed by atoms with Gasteiger partial charge in [0.2, 0.25) is 0 Å². The molecule has 0 atom stereocenters. The summed E-state index contributed by atoms with van der Waals surface area (Å²) in [6.07, 6.45) is 2.61. The fourth-order valence-electron chi connectivity index (χ4n) is 4.03. The zero-order chi connectivity index (χ0) is 20.5. The van der Waals surface area contributed by atoms with Gasteiger partial charge in [-0.2, -0.15) is 5.10 Å². The highest BCUT2D eigenvalue weighted by atomic mass is 16.5. The molecule has 1 spiro atoms. The van der Waals surface area contributed by atoms with Gasteiger partial charge in [0, 0.05) is 40.0 Å². The van der Waals surface area contributed by atoms with Crippen LogP contribution >= 0.6 is 0 Å². The van der Waals surface area contributed by atoms with Crippen LogP contribution in [-0.2, 0) is 16.6 Å². The molecule has 0 saturated carbocycles. The van der Waals surface area contributed by atoms with Crippen molar-refractivity contribution in [1.29, 1.82) is 0 Å². The van der Waals surface area contributed by atoms with Gasteiger partial charge in [0.15, 0.2) is 0 Å². The van der Waals surface area contributed by atoms with Crippen molar-refractivity contribution < 1.29 is 19.1 Å². The third-order valence-corrected chi connectivity index (χ3v) is 5.50. The molecule has 0 aromatic carbocycles. The summed E-state index contributed by atoms with van der Waals surface area (Å²) in [5, 5.41) is 4.17. The number of ether oxygens (including phenoxy) is 1. The first-order valence-electron chi connectivity index (χ1n) is 9.71. The zero-order valence-electron chi connectivity index (χ0n) is 17.1. The molecule has 2 aliphatic heterocycles. The average molecular weight is 391 g/mol. The number of aryl methyl sites for hydroxylation is 1. The molecule has 2 aliphatic rings. The molecule has 1 aromatic heterocycles. The van der Waals surface area contributed by atoms with Gasteiger partial charge in [-0.3, -0.25) is 19.2 Å². The van der Waals surface area contributed by atoms with Crippen LogP contribution in [-0.4, -0.2) is 87.8 Å². The van der Waals surface area contributed by atoms with E-state index < -0.39 is 5.54 Å². The van der Waals surface area contributed by atoms with Crippen molar-refractivity contribution in [2.24, 2.45) is 13.0 Å². The van der Waals surface area contributed by atoms with E-state index >= 15 is 0 Å². The Bertz CT molecular complexity index is 751. The lowest BCUT2D eigenvalue weighted by Crippen LogP contribution is -2.58. The van der Waals surface area contributed by atoms with Crippen molar-refractivity contribution >= 4 is 17.8 Å². The smallest absolute Gasteiger partial charge is 0.327 e. The molecular weight excluding hydrogens is 362 g/mol. The molecule has 2 saturated heterocycles. The van der Waals surface area contributed by atoms with Gasteiger partial charge in [0.05, 0.1) is 13.2 Å². The van der Waals surface area contributed by atoms with Gasteiger partial charge in [0.25, 0.3) is 11.8 Å². The van der Waals surface area contributed by atoms with Crippen LogP contribution in [0.2, 0.25) is 0 Å². The van der Waals surface area contributed by atoms with Crippen molar-refractivity contribution in [1.82, 2.24) is 24.5 Å². The quantitative estimate of drug-likeness (QED) is 0.674. The maximum Gasteiger partial charge on any atom is 0.327 e. The van der Waals surface area contributed by atoms with Gasteiger partial charge >= 0.3 is 6.03 Å². The van der Waals surface area contributed by atoms with Crippen LogP contribution in [0.25, 0.3) is 0 Å². The first-order valence-corrected chi connectivity index (χ1v) is 9.71. The number of methoxy groups -OCH3 is 1. The minimum atomic E-state index is -0.865. The molecule has 0 radical (unpaired) electrons. The number of hydrogen-bond acceptors (Lipinski definition) is 5. The van der Waals surface area contributed by atoms with Crippen molar-refractivity contribution in [3.8, 4) is 0 Å². The predicted octanol–water partition coefficient (Wildman–Crippen LogP) is 0.961. The largest absolute Gasteiger partial charge is 0.383 e. The molecule has 1 aromatic rings.